The van der Waals surface area contributed by atoms with Gasteiger partial charge in [-0.25, -0.2) is 4.79 Å². The number of nitrogens with zero attached hydrogens (tertiary/aromatic N) is 1. The molecule has 0 aromatic heterocycles. The van der Waals surface area contributed by atoms with Gasteiger partial charge in [0.15, 0.2) is 0 Å². The molecule has 1 aromatic rings. The number of carbonyl (C=O) groups is 2. The van der Waals surface area contributed by atoms with Crippen LogP contribution in [0, 0.1) is 5.92 Å². The van der Waals surface area contributed by atoms with Crippen molar-refractivity contribution >= 4 is 39.6 Å². The van der Waals surface area contributed by atoms with E-state index >= 15 is 0 Å². The fourth-order valence-corrected chi connectivity index (χ4v) is 4.19. The van der Waals surface area contributed by atoms with Crippen molar-refractivity contribution in [2.24, 2.45) is 5.92 Å². The number of carboxylic acid groups (broad SMARTS) is 1. The molecule has 0 saturated carbocycles. The normalized spacial score (nSPS) is 22.3. The van der Waals surface area contributed by atoms with Gasteiger partial charge in [-0.05, 0) is 34.0 Å². The fraction of sp³-hybridized carbons (Fsp3) is 0.429. The van der Waals surface area contributed by atoms with Crippen LogP contribution >= 0.6 is 27.7 Å². The second kappa shape index (κ2) is 6.18. The van der Waals surface area contributed by atoms with E-state index in [2.05, 4.69) is 15.9 Å². The lowest BCUT2D eigenvalue weighted by Gasteiger charge is -2.30. The second-order valence-electron chi connectivity index (χ2n) is 5.01. The van der Waals surface area contributed by atoms with Gasteiger partial charge in [0.25, 0.3) is 5.91 Å². The lowest BCUT2D eigenvalue weighted by Crippen LogP contribution is -2.47. The zero-order chi connectivity index (χ0) is 14.9. The van der Waals surface area contributed by atoms with E-state index in [9.17, 15) is 14.7 Å². The molecule has 0 spiro atoms. The molecule has 1 aliphatic heterocycles. The summed E-state index contributed by atoms with van der Waals surface area (Å²) < 4.78 is 0.688. The SMILES string of the molecule is CC(C)C1SCC(C(=O)O)N1C(=O)c1ccccc1Br. The Balaban J connectivity index is 2.37. The van der Waals surface area contributed by atoms with Gasteiger partial charge in [-0.2, -0.15) is 0 Å². The summed E-state index contributed by atoms with van der Waals surface area (Å²) in [5, 5.41) is 9.23. The first kappa shape index (κ1) is 15.4. The third-order valence-electron chi connectivity index (χ3n) is 3.23. The molecule has 1 aromatic carbocycles. The summed E-state index contributed by atoms with van der Waals surface area (Å²) in [5.41, 5.74) is 0.506. The molecule has 0 bridgehead atoms. The molecule has 108 valence electrons. The molecule has 1 aliphatic rings. The van der Waals surface area contributed by atoms with E-state index in [0.29, 0.717) is 15.8 Å². The molecule has 1 amide bonds. The summed E-state index contributed by atoms with van der Waals surface area (Å²) in [5.74, 6) is -0.528. The second-order valence-corrected chi connectivity index (χ2v) is 7.02. The van der Waals surface area contributed by atoms with Crippen molar-refractivity contribution in [3.63, 3.8) is 0 Å². The van der Waals surface area contributed by atoms with Crippen LogP contribution in [0.1, 0.15) is 24.2 Å². The molecule has 20 heavy (non-hydrogen) atoms. The van der Waals surface area contributed by atoms with Crippen molar-refractivity contribution in [2.45, 2.75) is 25.3 Å². The van der Waals surface area contributed by atoms with Crippen molar-refractivity contribution < 1.29 is 14.7 Å². The van der Waals surface area contributed by atoms with E-state index < -0.39 is 12.0 Å². The molecule has 2 unspecified atom stereocenters. The number of halogens is 1. The van der Waals surface area contributed by atoms with E-state index in [0.717, 1.165) is 0 Å². The minimum atomic E-state index is -0.943. The largest absolute Gasteiger partial charge is 0.480 e. The van der Waals surface area contributed by atoms with Crippen LogP contribution in [0.2, 0.25) is 0 Å². The number of carboxylic acids is 1. The first-order valence-electron chi connectivity index (χ1n) is 6.35. The number of benzene rings is 1. The molecule has 1 saturated heterocycles. The number of amides is 1. The molecule has 6 heteroatoms. The van der Waals surface area contributed by atoms with E-state index in [-0.39, 0.29) is 17.2 Å². The molecule has 0 aliphatic carbocycles. The van der Waals surface area contributed by atoms with Gasteiger partial charge in [0.05, 0.1) is 10.9 Å². The Morgan fingerprint density at radius 2 is 2.05 bits per heavy atom. The number of thioether (sulfide) groups is 1. The molecular formula is C14H16BrNO3S. The Kier molecular flexibility index (Phi) is 4.75. The molecule has 2 rings (SSSR count). The van der Waals surface area contributed by atoms with Crippen molar-refractivity contribution in [2.75, 3.05) is 5.75 Å². The van der Waals surface area contributed by atoms with Gasteiger partial charge in [0, 0.05) is 10.2 Å². The van der Waals surface area contributed by atoms with E-state index in [1.807, 2.05) is 19.9 Å². The summed E-state index contributed by atoms with van der Waals surface area (Å²) in [4.78, 5) is 25.6. The zero-order valence-electron chi connectivity index (χ0n) is 11.2. The maximum Gasteiger partial charge on any atom is 0.327 e. The van der Waals surface area contributed by atoms with Gasteiger partial charge >= 0.3 is 5.97 Å². The highest BCUT2D eigenvalue weighted by molar-refractivity contribution is 9.10. The minimum Gasteiger partial charge on any atom is -0.480 e. The monoisotopic (exact) mass is 357 g/mol. The minimum absolute atomic E-state index is 0.101. The van der Waals surface area contributed by atoms with Crippen LogP contribution in [-0.2, 0) is 4.79 Å². The van der Waals surface area contributed by atoms with Crippen LogP contribution in [-0.4, -0.2) is 39.1 Å². The van der Waals surface area contributed by atoms with Gasteiger partial charge in [-0.15, -0.1) is 11.8 Å². The summed E-state index contributed by atoms with van der Waals surface area (Å²) in [7, 11) is 0. The van der Waals surface area contributed by atoms with E-state index in [1.54, 1.807) is 18.2 Å². The Labute approximate surface area is 130 Å². The standard InChI is InChI=1S/C14H16BrNO3S/c1-8(2)13-16(11(7-20-13)14(18)19)12(17)9-5-3-4-6-10(9)15/h3-6,8,11,13H,7H2,1-2H3,(H,18,19). The van der Waals surface area contributed by atoms with E-state index in [1.165, 1.54) is 16.7 Å². The highest BCUT2D eigenvalue weighted by Gasteiger charge is 2.43. The van der Waals surface area contributed by atoms with Crippen molar-refractivity contribution in [1.82, 2.24) is 4.90 Å². The molecule has 1 N–H and O–H groups in total. The number of aliphatic carboxylic acids is 1. The Bertz CT molecular complexity index is 535. The molecule has 4 nitrogen and oxygen atoms in total. The predicted octanol–water partition coefficient (Wildman–Crippen LogP) is 3.07. The first-order valence-corrected chi connectivity index (χ1v) is 8.19. The first-order chi connectivity index (χ1) is 9.43. The summed E-state index contributed by atoms with van der Waals surface area (Å²) >= 11 is 4.89. The van der Waals surface area contributed by atoms with Gasteiger partial charge < -0.3 is 10.0 Å². The average Bonchev–Trinajstić information content (AvgIpc) is 2.83. The third-order valence-corrected chi connectivity index (χ3v) is 5.54. The summed E-state index contributed by atoms with van der Waals surface area (Å²) in [6, 6.07) is 6.35. The lowest BCUT2D eigenvalue weighted by molar-refractivity contribution is -0.141. The van der Waals surface area contributed by atoms with Crippen LogP contribution < -0.4 is 0 Å². The average molecular weight is 358 g/mol. The Hall–Kier alpha value is -1.01. The van der Waals surface area contributed by atoms with Crippen LogP contribution in [0.3, 0.4) is 0 Å². The molecular weight excluding hydrogens is 342 g/mol. The van der Waals surface area contributed by atoms with Gasteiger partial charge in [-0.1, -0.05) is 26.0 Å². The summed E-state index contributed by atoms with van der Waals surface area (Å²) in [6.07, 6.45) is 0. The molecule has 1 heterocycles. The molecule has 1 fully saturated rings. The fourth-order valence-electron chi connectivity index (χ4n) is 2.26. The maximum atomic E-state index is 12.7. The number of hydrogen-bond donors (Lipinski definition) is 1. The van der Waals surface area contributed by atoms with E-state index in [4.69, 9.17) is 0 Å². The number of hydrogen-bond acceptors (Lipinski definition) is 3. The molecule has 0 radical (unpaired) electrons. The van der Waals surface area contributed by atoms with Crippen LogP contribution in [0.25, 0.3) is 0 Å². The zero-order valence-corrected chi connectivity index (χ0v) is 13.6. The smallest absolute Gasteiger partial charge is 0.327 e. The van der Waals surface area contributed by atoms with Gasteiger partial charge in [0.2, 0.25) is 0 Å². The van der Waals surface area contributed by atoms with Crippen LogP contribution in [0.4, 0.5) is 0 Å². The quantitative estimate of drug-likeness (QED) is 0.902. The van der Waals surface area contributed by atoms with Crippen molar-refractivity contribution in [3.05, 3.63) is 34.3 Å². The van der Waals surface area contributed by atoms with Gasteiger partial charge in [-0.3, -0.25) is 4.79 Å². The van der Waals surface area contributed by atoms with Crippen LogP contribution in [0.5, 0.6) is 0 Å². The van der Waals surface area contributed by atoms with Crippen molar-refractivity contribution in [3.8, 4) is 0 Å². The molecule has 2 atom stereocenters. The third kappa shape index (κ3) is 2.86. The number of rotatable bonds is 3. The number of carbonyl (C=O) groups excluding carboxylic acids is 1. The Morgan fingerprint density at radius 3 is 2.60 bits per heavy atom. The highest BCUT2D eigenvalue weighted by Crippen LogP contribution is 2.36. The predicted molar refractivity (Wildman–Crippen MR) is 82.8 cm³/mol. The Morgan fingerprint density at radius 1 is 1.40 bits per heavy atom. The van der Waals surface area contributed by atoms with Crippen molar-refractivity contribution in [1.29, 1.82) is 0 Å². The highest BCUT2D eigenvalue weighted by atomic mass is 79.9. The topological polar surface area (TPSA) is 57.6 Å². The summed E-state index contributed by atoms with van der Waals surface area (Å²) in [6.45, 7) is 4.00. The van der Waals surface area contributed by atoms with Gasteiger partial charge in [0.1, 0.15) is 6.04 Å². The van der Waals surface area contributed by atoms with Crippen LogP contribution in [0.15, 0.2) is 28.7 Å². The maximum absolute atomic E-state index is 12.7. The lowest BCUT2D eigenvalue weighted by atomic mass is 10.1.